The van der Waals surface area contributed by atoms with Crippen LogP contribution in [0.5, 0.6) is 0 Å². The molecule has 1 aliphatic heterocycles. The molecule has 4 heteroatoms. The van der Waals surface area contributed by atoms with Crippen LogP contribution in [0.15, 0.2) is 24.4 Å². The van der Waals surface area contributed by atoms with Crippen molar-refractivity contribution in [1.82, 2.24) is 9.78 Å². The van der Waals surface area contributed by atoms with Crippen LogP contribution >= 0.6 is 0 Å². The minimum absolute atomic E-state index is 0.0556. The van der Waals surface area contributed by atoms with Gasteiger partial charge in [-0.25, -0.2) is 0 Å². The molecule has 1 saturated heterocycles. The van der Waals surface area contributed by atoms with Crippen molar-refractivity contribution >= 4 is 10.9 Å². The molecule has 4 nitrogen and oxygen atoms in total. The maximum Gasteiger partial charge on any atom is 0.104 e. The van der Waals surface area contributed by atoms with Crippen LogP contribution in [0.1, 0.15) is 18.5 Å². The Morgan fingerprint density at radius 3 is 3.06 bits per heavy atom. The standard InChI is InChI=1S/C13H16N2O2/c1-2-9-3-4-11-10(5-9)6-14-15(11)12-7-17-8-13(12)16/h3-6,12-13,16H,2,7-8H2,1H3. The van der Waals surface area contributed by atoms with Crippen molar-refractivity contribution in [3.63, 3.8) is 0 Å². The van der Waals surface area contributed by atoms with Gasteiger partial charge in [0.25, 0.3) is 0 Å². The van der Waals surface area contributed by atoms with Crippen molar-refractivity contribution < 1.29 is 9.84 Å². The normalized spacial score (nSPS) is 24.6. The molecule has 2 aromatic rings. The summed E-state index contributed by atoms with van der Waals surface area (Å²) < 4.78 is 7.16. The molecule has 90 valence electrons. The number of hydrogen-bond donors (Lipinski definition) is 1. The van der Waals surface area contributed by atoms with E-state index in [1.165, 1.54) is 5.56 Å². The third-order valence-electron chi connectivity index (χ3n) is 3.40. The molecule has 1 aromatic heterocycles. The number of aromatic nitrogens is 2. The van der Waals surface area contributed by atoms with Gasteiger partial charge in [-0.2, -0.15) is 5.10 Å². The van der Waals surface area contributed by atoms with Gasteiger partial charge >= 0.3 is 0 Å². The van der Waals surface area contributed by atoms with Gasteiger partial charge in [-0.3, -0.25) is 4.68 Å². The molecular formula is C13H16N2O2. The smallest absolute Gasteiger partial charge is 0.104 e. The molecule has 0 spiro atoms. The average Bonchev–Trinajstić information content (AvgIpc) is 2.94. The van der Waals surface area contributed by atoms with E-state index in [1.54, 1.807) is 0 Å². The summed E-state index contributed by atoms with van der Waals surface area (Å²) in [5.74, 6) is 0. The van der Waals surface area contributed by atoms with Gasteiger partial charge in [0, 0.05) is 5.39 Å². The fourth-order valence-corrected chi connectivity index (χ4v) is 2.35. The Balaban J connectivity index is 2.06. The summed E-state index contributed by atoms with van der Waals surface area (Å²) in [4.78, 5) is 0. The zero-order valence-electron chi connectivity index (χ0n) is 9.84. The Morgan fingerprint density at radius 2 is 2.35 bits per heavy atom. The first-order chi connectivity index (χ1) is 8.29. The second-order valence-corrected chi connectivity index (χ2v) is 4.51. The number of fused-ring (bicyclic) bond motifs is 1. The second-order valence-electron chi connectivity index (χ2n) is 4.51. The van der Waals surface area contributed by atoms with Gasteiger partial charge in [0.15, 0.2) is 0 Å². The molecule has 3 rings (SSSR count). The average molecular weight is 232 g/mol. The van der Waals surface area contributed by atoms with Crippen molar-refractivity contribution in [2.45, 2.75) is 25.5 Å². The van der Waals surface area contributed by atoms with Crippen molar-refractivity contribution in [3.05, 3.63) is 30.0 Å². The summed E-state index contributed by atoms with van der Waals surface area (Å²) in [6, 6.07) is 6.29. The largest absolute Gasteiger partial charge is 0.388 e. The molecule has 1 fully saturated rings. The van der Waals surface area contributed by atoms with Crippen LogP contribution in [0, 0.1) is 0 Å². The number of aliphatic hydroxyl groups excluding tert-OH is 1. The quantitative estimate of drug-likeness (QED) is 0.854. The lowest BCUT2D eigenvalue weighted by atomic mass is 10.1. The van der Waals surface area contributed by atoms with E-state index in [0.29, 0.717) is 13.2 Å². The Morgan fingerprint density at radius 1 is 1.47 bits per heavy atom. The van der Waals surface area contributed by atoms with E-state index in [9.17, 15) is 5.11 Å². The number of ether oxygens (including phenoxy) is 1. The molecule has 0 bridgehead atoms. The van der Waals surface area contributed by atoms with Gasteiger partial charge in [-0.05, 0) is 24.1 Å². The van der Waals surface area contributed by atoms with Crippen LogP contribution in [-0.2, 0) is 11.2 Å². The highest BCUT2D eigenvalue weighted by molar-refractivity contribution is 5.79. The van der Waals surface area contributed by atoms with Crippen LogP contribution in [0.3, 0.4) is 0 Å². The third-order valence-corrected chi connectivity index (χ3v) is 3.40. The van der Waals surface area contributed by atoms with E-state index in [2.05, 4.69) is 30.2 Å². The maximum absolute atomic E-state index is 9.84. The Bertz CT molecular complexity index is 535. The number of nitrogens with zero attached hydrogens (tertiary/aromatic N) is 2. The first-order valence-electron chi connectivity index (χ1n) is 6.01. The Kier molecular flexibility index (Phi) is 2.61. The predicted octanol–water partition coefficient (Wildman–Crippen LogP) is 1.53. The van der Waals surface area contributed by atoms with Crippen LogP contribution in [-0.4, -0.2) is 34.2 Å². The fraction of sp³-hybridized carbons (Fsp3) is 0.462. The van der Waals surface area contributed by atoms with Crippen molar-refractivity contribution in [3.8, 4) is 0 Å². The summed E-state index contributed by atoms with van der Waals surface area (Å²) >= 11 is 0. The zero-order chi connectivity index (χ0) is 11.8. The van der Waals surface area contributed by atoms with Gasteiger partial charge in [0.2, 0.25) is 0 Å². The Labute approximate surface area is 99.8 Å². The summed E-state index contributed by atoms with van der Waals surface area (Å²) in [7, 11) is 0. The molecule has 0 saturated carbocycles. The highest BCUT2D eigenvalue weighted by atomic mass is 16.5. The molecule has 2 atom stereocenters. The molecule has 1 aromatic carbocycles. The summed E-state index contributed by atoms with van der Waals surface area (Å²) in [6.07, 6.45) is 2.43. The van der Waals surface area contributed by atoms with Gasteiger partial charge in [-0.1, -0.05) is 13.0 Å². The minimum atomic E-state index is -0.455. The van der Waals surface area contributed by atoms with Crippen molar-refractivity contribution in [2.75, 3.05) is 13.2 Å². The van der Waals surface area contributed by atoms with E-state index in [-0.39, 0.29) is 6.04 Å². The van der Waals surface area contributed by atoms with Crippen LogP contribution in [0.25, 0.3) is 10.9 Å². The highest BCUT2D eigenvalue weighted by Crippen LogP contribution is 2.25. The van der Waals surface area contributed by atoms with Crippen LogP contribution in [0.4, 0.5) is 0 Å². The van der Waals surface area contributed by atoms with Crippen LogP contribution in [0.2, 0.25) is 0 Å². The van der Waals surface area contributed by atoms with Crippen molar-refractivity contribution in [1.29, 1.82) is 0 Å². The molecular weight excluding hydrogens is 216 g/mol. The van der Waals surface area contributed by atoms with Gasteiger partial charge in [0.05, 0.1) is 24.9 Å². The van der Waals surface area contributed by atoms with Crippen molar-refractivity contribution in [2.24, 2.45) is 0 Å². The second kappa shape index (κ2) is 4.13. The topological polar surface area (TPSA) is 47.3 Å². The lowest BCUT2D eigenvalue weighted by Gasteiger charge is -2.14. The molecule has 0 radical (unpaired) electrons. The first-order valence-corrected chi connectivity index (χ1v) is 6.01. The Hall–Kier alpha value is -1.39. The molecule has 1 aliphatic rings. The van der Waals surface area contributed by atoms with E-state index in [1.807, 2.05) is 10.9 Å². The molecule has 2 unspecified atom stereocenters. The molecule has 0 aliphatic carbocycles. The van der Waals surface area contributed by atoms with E-state index < -0.39 is 6.10 Å². The van der Waals surface area contributed by atoms with E-state index in [0.717, 1.165) is 17.3 Å². The first kappa shape index (κ1) is 10.7. The lowest BCUT2D eigenvalue weighted by molar-refractivity contribution is 0.118. The molecule has 2 heterocycles. The molecule has 0 amide bonds. The third kappa shape index (κ3) is 1.73. The number of benzene rings is 1. The minimum Gasteiger partial charge on any atom is -0.388 e. The number of aliphatic hydroxyl groups is 1. The highest BCUT2D eigenvalue weighted by Gasteiger charge is 2.29. The molecule has 1 N–H and O–H groups in total. The monoisotopic (exact) mass is 232 g/mol. The van der Waals surface area contributed by atoms with Crippen LogP contribution < -0.4 is 0 Å². The SMILES string of the molecule is CCc1ccc2c(cnn2C2COCC2O)c1. The summed E-state index contributed by atoms with van der Waals surface area (Å²) in [5.41, 5.74) is 2.37. The lowest BCUT2D eigenvalue weighted by Crippen LogP contribution is -2.22. The number of hydrogen-bond acceptors (Lipinski definition) is 3. The predicted molar refractivity (Wildman–Crippen MR) is 65.0 cm³/mol. The zero-order valence-corrected chi connectivity index (χ0v) is 9.84. The van der Waals surface area contributed by atoms with E-state index >= 15 is 0 Å². The van der Waals surface area contributed by atoms with E-state index in [4.69, 9.17) is 4.74 Å². The fourth-order valence-electron chi connectivity index (χ4n) is 2.35. The number of rotatable bonds is 2. The maximum atomic E-state index is 9.84. The van der Waals surface area contributed by atoms with Gasteiger partial charge in [-0.15, -0.1) is 0 Å². The number of aryl methyl sites for hydroxylation is 1. The summed E-state index contributed by atoms with van der Waals surface area (Å²) in [6.45, 7) is 3.08. The van der Waals surface area contributed by atoms with Gasteiger partial charge in [0.1, 0.15) is 12.1 Å². The summed E-state index contributed by atoms with van der Waals surface area (Å²) in [5, 5.41) is 15.3. The molecule has 17 heavy (non-hydrogen) atoms. The van der Waals surface area contributed by atoms with Gasteiger partial charge < -0.3 is 9.84 Å².